The first-order chi connectivity index (χ1) is 12.6. The van der Waals surface area contributed by atoms with Crippen LogP contribution in [0, 0.1) is 12.8 Å². The van der Waals surface area contributed by atoms with Crippen LogP contribution in [0.25, 0.3) is 10.2 Å². The van der Waals surface area contributed by atoms with E-state index in [1.165, 1.54) is 20.7 Å². The minimum Gasteiger partial charge on any atom is -0.494 e. The zero-order chi connectivity index (χ0) is 18.1. The normalized spacial score (nSPS) is 16.6. The number of benzene rings is 1. The Kier molecular flexibility index (Phi) is 4.76. The summed E-state index contributed by atoms with van der Waals surface area (Å²) in [5.74, 6) is 1.54. The molecule has 0 saturated carbocycles. The molecule has 4 rings (SSSR count). The predicted molar refractivity (Wildman–Crippen MR) is 104 cm³/mol. The minimum absolute atomic E-state index is 0.00242. The van der Waals surface area contributed by atoms with Gasteiger partial charge in [-0.2, -0.15) is 0 Å². The van der Waals surface area contributed by atoms with E-state index in [9.17, 15) is 4.79 Å². The van der Waals surface area contributed by atoms with E-state index in [0.717, 1.165) is 41.6 Å². The van der Waals surface area contributed by atoms with Crippen molar-refractivity contribution < 1.29 is 4.74 Å². The number of thiophene rings is 1. The van der Waals surface area contributed by atoms with Crippen LogP contribution in [0.4, 0.5) is 0 Å². The molecule has 0 N–H and O–H groups in total. The number of aryl methyl sites for hydroxylation is 3. The fourth-order valence-corrected chi connectivity index (χ4v) is 4.80. The Bertz CT molecular complexity index is 975. The molecule has 0 bridgehead atoms. The summed E-state index contributed by atoms with van der Waals surface area (Å²) in [7, 11) is 0. The van der Waals surface area contributed by atoms with E-state index >= 15 is 0 Å². The van der Waals surface area contributed by atoms with E-state index in [4.69, 9.17) is 4.74 Å². The van der Waals surface area contributed by atoms with Crippen molar-refractivity contribution in [2.24, 2.45) is 5.92 Å². The fourth-order valence-electron chi connectivity index (χ4n) is 3.48. The van der Waals surface area contributed by atoms with Crippen LogP contribution in [-0.2, 0) is 19.4 Å². The Morgan fingerprint density at radius 3 is 2.92 bits per heavy atom. The Morgan fingerprint density at radius 2 is 2.12 bits per heavy atom. The van der Waals surface area contributed by atoms with Crippen LogP contribution in [0.5, 0.6) is 5.75 Å². The second-order valence-electron chi connectivity index (χ2n) is 7.16. The van der Waals surface area contributed by atoms with Gasteiger partial charge in [-0.25, -0.2) is 4.68 Å². The smallest absolute Gasteiger partial charge is 0.278 e. The van der Waals surface area contributed by atoms with Gasteiger partial charge in [0.05, 0.1) is 12.0 Å². The van der Waals surface area contributed by atoms with Gasteiger partial charge in [-0.05, 0) is 49.8 Å². The number of hydrogen-bond acceptors (Lipinski definition) is 5. The summed E-state index contributed by atoms with van der Waals surface area (Å²) in [6, 6.07) is 7.98. The van der Waals surface area contributed by atoms with Gasteiger partial charge in [0, 0.05) is 17.8 Å². The lowest BCUT2D eigenvalue weighted by atomic mass is 9.89. The molecular weight excluding hydrogens is 346 g/mol. The monoisotopic (exact) mass is 369 g/mol. The largest absolute Gasteiger partial charge is 0.494 e. The minimum atomic E-state index is -0.00242. The maximum Gasteiger partial charge on any atom is 0.278 e. The van der Waals surface area contributed by atoms with Gasteiger partial charge >= 0.3 is 0 Å². The summed E-state index contributed by atoms with van der Waals surface area (Å²) < 4.78 is 7.23. The Labute approximate surface area is 156 Å². The molecule has 1 aliphatic carbocycles. The molecule has 0 fully saturated rings. The molecule has 26 heavy (non-hydrogen) atoms. The molecule has 0 spiro atoms. The van der Waals surface area contributed by atoms with Gasteiger partial charge in [0.25, 0.3) is 5.56 Å². The van der Waals surface area contributed by atoms with Gasteiger partial charge in [-0.3, -0.25) is 4.79 Å². The number of rotatable bonds is 5. The summed E-state index contributed by atoms with van der Waals surface area (Å²) in [5.41, 5.74) is 2.42. The second-order valence-corrected chi connectivity index (χ2v) is 8.25. The number of hydrogen-bond donors (Lipinski definition) is 0. The maximum atomic E-state index is 12.9. The van der Waals surface area contributed by atoms with Gasteiger partial charge in [-0.1, -0.05) is 29.8 Å². The van der Waals surface area contributed by atoms with E-state index in [-0.39, 0.29) is 5.56 Å². The highest BCUT2D eigenvalue weighted by molar-refractivity contribution is 7.18. The molecule has 5 nitrogen and oxygen atoms in total. The maximum absolute atomic E-state index is 12.9. The molecule has 1 atom stereocenters. The quantitative estimate of drug-likeness (QED) is 0.643. The van der Waals surface area contributed by atoms with Gasteiger partial charge in [0.1, 0.15) is 5.75 Å². The molecule has 6 heteroatoms. The average Bonchev–Trinajstić information content (AvgIpc) is 3.00. The highest BCUT2D eigenvalue weighted by Crippen LogP contribution is 2.35. The predicted octanol–water partition coefficient (Wildman–Crippen LogP) is 3.76. The average molecular weight is 369 g/mol. The van der Waals surface area contributed by atoms with Crippen molar-refractivity contribution in [3.63, 3.8) is 0 Å². The molecule has 136 valence electrons. The van der Waals surface area contributed by atoms with Crippen molar-refractivity contribution in [3.05, 3.63) is 50.6 Å². The standard InChI is InChI=1S/C20H23N3O2S/c1-13-4-7-15(8-5-13)25-11-3-10-23-20(24)18-16-9-6-14(2)12-17(16)26-19(18)21-22-23/h4-5,7-8,14H,3,6,9-12H2,1-2H3. The van der Waals surface area contributed by atoms with Crippen molar-refractivity contribution in [2.75, 3.05) is 6.61 Å². The van der Waals surface area contributed by atoms with Gasteiger partial charge < -0.3 is 4.74 Å². The molecule has 2 heterocycles. The van der Waals surface area contributed by atoms with E-state index in [2.05, 4.69) is 24.2 Å². The molecule has 0 saturated heterocycles. The lowest BCUT2D eigenvalue weighted by Crippen LogP contribution is -2.25. The second kappa shape index (κ2) is 7.19. The van der Waals surface area contributed by atoms with E-state index in [0.29, 0.717) is 19.1 Å². The molecular formula is C20H23N3O2S. The highest BCUT2D eigenvalue weighted by atomic mass is 32.1. The van der Waals surface area contributed by atoms with Crippen LogP contribution < -0.4 is 10.3 Å². The number of nitrogens with zero attached hydrogens (tertiary/aromatic N) is 3. The number of fused-ring (bicyclic) bond motifs is 3. The molecule has 2 aromatic heterocycles. The number of aromatic nitrogens is 3. The van der Waals surface area contributed by atoms with Crippen LogP contribution in [0.15, 0.2) is 29.1 Å². The Hall–Kier alpha value is -2.21. The van der Waals surface area contributed by atoms with Gasteiger partial charge in [0.2, 0.25) is 0 Å². The fraction of sp³-hybridized carbons (Fsp3) is 0.450. The molecule has 3 aromatic rings. The van der Waals surface area contributed by atoms with Crippen LogP contribution in [0.2, 0.25) is 0 Å². The zero-order valence-corrected chi connectivity index (χ0v) is 16.0. The van der Waals surface area contributed by atoms with Crippen molar-refractivity contribution in [1.82, 2.24) is 15.0 Å². The van der Waals surface area contributed by atoms with Crippen LogP contribution in [-0.4, -0.2) is 21.6 Å². The van der Waals surface area contributed by atoms with E-state index in [1.807, 2.05) is 24.3 Å². The zero-order valence-electron chi connectivity index (χ0n) is 15.2. The molecule has 0 aliphatic heterocycles. The Balaban J connectivity index is 1.46. The van der Waals surface area contributed by atoms with Crippen molar-refractivity contribution in [2.45, 2.75) is 46.1 Å². The topological polar surface area (TPSA) is 57.0 Å². The third-order valence-corrected chi connectivity index (χ3v) is 6.13. The third kappa shape index (κ3) is 3.38. The lowest BCUT2D eigenvalue weighted by Gasteiger charge is -2.17. The van der Waals surface area contributed by atoms with Crippen molar-refractivity contribution in [3.8, 4) is 5.75 Å². The summed E-state index contributed by atoms with van der Waals surface area (Å²) in [4.78, 5) is 15.0. The molecule has 0 amide bonds. The van der Waals surface area contributed by atoms with E-state index < -0.39 is 0 Å². The molecule has 1 unspecified atom stereocenters. The number of ether oxygens (including phenoxy) is 1. The molecule has 1 aromatic carbocycles. The SMILES string of the molecule is Cc1ccc(OCCCn2nnc3sc4c(c3c2=O)CCC(C)C4)cc1. The Morgan fingerprint density at radius 1 is 1.31 bits per heavy atom. The first-order valence-corrected chi connectivity index (χ1v) is 10.0. The first-order valence-electron chi connectivity index (χ1n) is 9.19. The summed E-state index contributed by atoms with van der Waals surface area (Å²) >= 11 is 1.64. The first kappa shape index (κ1) is 17.2. The summed E-state index contributed by atoms with van der Waals surface area (Å²) in [5, 5.41) is 9.24. The van der Waals surface area contributed by atoms with E-state index in [1.54, 1.807) is 11.3 Å². The molecule has 1 aliphatic rings. The van der Waals surface area contributed by atoms with Crippen LogP contribution >= 0.6 is 11.3 Å². The highest BCUT2D eigenvalue weighted by Gasteiger charge is 2.23. The molecule has 0 radical (unpaired) electrons. The summed E-state index contributed by atoms with van der Waals surface area (Å²) in [6.45, 7) is 5.39. The van der Waals surface area contributed by atoms with Crippen LogP contribution in [0.1, 0.15) is 35.8 Å². The van der Waals surface area contributed by atoms with Gasteiger partial charge in [-0.15, -0.1) is 16.4 Å². The van der Waals surface area contributed by atoms with Gasteiger partial charge in [0.15, 0.2) is 4.83 Å². The lowest BCUT2D eigenvalue weighted by molar-refractivity contribution is 0.296. The summed E-state index contributed by atoms with van der Waals surface area (Å²) in [6.07, 6.45) is 3.90. The van der Waals surface area contributed by atoms with Crippen molar-refractivity contribution in [1.29, 1.82) is 0 Å². The van der Waals surface area contributed by atoms with Crippen molar-refractivity contribution >= 4 is 21.6 Å². The third-order valence-electron chi connectivity index (χ3n) is 4.99. The van der Waals surface area contributed by atoms with Crippen LogP contribution in [0.3, 0.4) is 0 Å².